The summed E-state index contributed by atoms with van der Waals surface area (Å²) >= 11 is 0. The third-order valence-electron chi connectivity index (χ3n) is 7.67. The van der Waals surface area contributed by atoms with Crippen molar-refractivity contribution in [2.24, 2.45) is 11.8 Å². The number of hydrogen-bond donors (Lipinski definition) is 3. The molecule has 0 fully saturated rings. The SMILES string of the molecule is CC(C)CCCCCCCCCCCC(=O)N[C@H](CS(=O)(=O)O)[C@H](O)CCCCCCCCCCCC(C)C. The molecule has 0 aliphatic heterocycles. The lowest BCUT2D eigenvalue weighted by Crippen LogP contribution is -2.47. The lowest BCUT2D eigenvalue weighted by atomic mass is 10.0. The van der Waals surface area contributed by atoms with E-state index in [-0.39, 0.29) is 5.91 Å². The van der Waals surface area contributed by atoms with Gasteiger partial charge >= 0.3 is 0 Å². The van der Waals surface area contributed by atoms with E-state index in [1.54, 1.807) is 0 Å². The summed E-state index contributed by atoms with van der Waals surface area (Å²) in [6, 6.07) is -0.964. The van der Waals surface area contributed by atoms with Gasteiger partial charge in [0.25, 0.3) is 10.1 Å². The van der Waals surface area contributed by atoms with Gasteiger partial charge in [0.15, 0.2) is 0 Å². The van der Waals surface area contributed by atoms with Crippen LogP contribution < -0.4 is 5.32 Å². The summed E-state index contributed by atoms with van der Waals surface area (Å²) in [7, 11) is -4.29. The molecule has 0 rings (SSSR count). The minimum absolute atomic E-state index is 0.249. The van der Waals surface area contributed by atoms with Crippen LogP contribution in [0.2, 0.25) is 0 Å². The summed E-state index contributed by atoms with van der Waals surface area (Å²) in [6.07, 6.45) is 23.5. The van der Waals surface area contributed by atoms with Crippen molar-refractivity contribution < 1.29 is 22.9 Å². The lowest BCUT2D eigenvalue weighted by Gasteiger charge is -2.23. The van der Waals surface area contributed by atoms with Crippen LogP contribution in [0, 0.1) is 11.8 Å². The van der Waals surface area contributed by atoms with Crippen LogP contribution in [0.4, 0.5) is 0 Å². The maximum atomic E-state index is 12.4. The molecule has 234 valence electrons. The minimum Gasteiger partial charge on any atom is -0.391 e. The summed E-state index contributed by atoms with van der Waals surface area (Å²) in [5, 5.41) is 13.2. The molecule has 1 amide bonds. The summed E-state index contributed by atoms with van der Waals surface area (Å²) in [5.41, 5.74) is 0. The molecule has 0 saturated carbocycles. The first-order valence-corrected chi connectivity index (χ1v) is 18.0. The van der Waals surface area contributed by atoms with E-state index < -0.39 is 28.0 Å². The average Bonchev–Trinajstić information content (AvgIpc) is 2.84. The van der Waals surface area contributed by atoms with Crippen molar-refractivity contribution in [2.45, 2.75) is 181 Å². The summed E-state index contributed by atoms with van der Waals surface area (Å²) in [5.74, 6) is 0.701. The Hall–Kier alpha value is -0.660. The molecule has 0 aromatic rings. The Bertz CT molecular complexity index is 665. The van der Waals surface area contributed by atoms with Crippen LogP contribution in [-0.2, 0) is 14.9 Å². The van der Waals surface area contributed by atoms with E-state index in [4.69, 9.17) is 0 Å². The number of carbonyl (C=O) groups is 1. The third kappa shape index (κ3) is 28.7. The maximum Gasteiger partial charge on any atom is 0.266 e. The van der Waals surface area contributed by atoms with Crippen LogP contribution in [0.15, 0.2) is 0 Å². The Morgan fingerprint density at radius 1 is 0.590 bits per heavy atom. The first-order chi connectivity index (χ1) is 18.5. The van der Waals surface area contributed by atoms with Gasteiger partial charge in [-0.05, 0) is 24.7 Å². The van der Waals surface area contributed by atoms with E-state index >= 15 is 0 Å². The molecule has 2 atom stereocenters. The molecule has 0 aromatic heterocycles. The third-order valence-corrected chi connectivity index (χ3v) is 8.45. The van der Waals surface area contributed by atoms with Crippen molar-refractivity contribution in [1.29, 1.82) is 0 Å². The zero-order valence-electron chi connectivity index (χ0n) is 26.1. The fourth-order valence-corrected chi connectivity index (χ4v) is 5.93. The number of aliphatic hydroxyl groups is 1. The van der Waals surface area contributed by atoms with Crippen LogP contribution in [0.3, 0.4) is 0 Å². The highest BCUT2D eigenvalue weighted by Gasteiger charge is 2.26. The second-order valence-corrected chi connectivity index (χ2v) is 14.3. The lowest BCUT2D eigenvalue weighted by molar-refractivity contribution is -0.122. The van der Waals surface area contributed by atoms with E-state index in [9.17, 15) is 22.9 Å². The molecular weight excluding hydrogens is 510 g/mol. The number of carbonyl (C=O) groups excluding carboxylic acids is 1. The molecule has 0 radical (unpaired) electrons. The van der Waals surface area contributed by atoms with Gasteiger partial charge in [-0.15, -0.1) is 0 Å². The highest BCUT2D eigenvalue weighted by Crippen LogP contribution is 2.16. The standard InChI is InChI=1S/C32H65NO5S/c1-28(2)23-19-15-11-7-5-9-13-17-21-25-31(34)30(27-39(36,37)38)33-32(35)26-22-18-14-10-6-8-12-16-20-24-29(3)4/h28-31,34H,5-27H2,1-4H3,(H,33,35)(H,36,37,38)/t30-,31-/m1/s1. The van der Waals surface area contributed by atoms with Gasteiger partial charge in [-0.1, -0.05) is 150 Å². The van der Waals surface area contributed by atoms with E-state index in [1.807, 2.05) is 0 Å². The van der Waals surface area contributed by atoms with Gasteiger partial charge in [0, 0.05) is 6.42 Å². The van der Waals surface area contributed by atoms with Gasteiger partial charge in [0.2, 0.25) is 5.91 Å². The normalized spacial score (nSPS) is 13.7. The van der Waals surface area contributed by atoms with Gasteiger partial charge in [-0.25, -0.2) is 0 Å². The topological polar surface area (TPSA) is 104 Å². The number of aliphatic hydroxyl groups excluding tert-OH is 1. The number of nitrogens with one attached hydrogen (secondary N) is 1. The Labute approximate surface area is 242 Å². The number of hydrogen-bond acceptors (Lipinski definition) is 4. The van der Waals surface area contributed by atoms with Crippen molar-refractivity contribution in [3.8, 4) is 0 Å². The Kier molecular flexibility index (Phi) is 24.7. The van der Waals surface area contributed by atoms with E-state index in [1.165, 1.54) is 89.9 Å². The van der Waals surface area contributed by atoms with Crippen LogP contribution >= 0.6 is 0 Å². The fourth-order valence-electron chi connectivity index (χ4n) is 5.18. The van der Waals surface area contributed by atoms with E-state index in [0.29, 0.717) is 12.8 Å². The number of unbranched alkanes of at least 4 members (excludes halogenated alkanes) is 16. The zero-order chi connectivity index (χ0) is 29.4. The molecule has 0 aliphatic carbocycles. The van der Waals surface area contributed by atoms with Crippen molar-refractivity contribution in [3.63, 3.8) is 0 Å². The van der Waals surface area contributed by atoms with Gasteiger partial charge in [-0.3, -0.25) is 9.35 Å². The van der Waals surface area contributed by atoms with E-state index in [0.717, 1.165) is 50.4 Å². The molecular formula is C32H65NO5S. The molecule has 7 heteroatoms. The monoisotopic (exact) mass is 575 g/mol. The smallest absolute Gasteiger partial charge is 0.266 e. The van der Waals surface area contributed by atoms with E-state index in [2.05, 4.69) is 33.0 Å². The van der Waals surface area contributed by atoms with Crippen LogP contribution in [-0.4, -0.2) is 41.9 Å². The molecule has 0 aromatic carbocycles. The van der Waals surface area contributed by atoms with Crippen molar-refractivity contribution in [1.82, 2.24) is 5.32 Å². The number of rotatable bonds is 28. The summed E-state index contributed by atoms with van der Waals surface area (Å²) in [6.45, 7) is 9.10. The molecule has 0 bridgehead atoms. The summed E-state index contributed by atoms with van der Waals surface area (Å²) < 4.78 is 32.3. The highest BCUT2D eigenvalue weighted by atomic mass is 32.2. The predicted octanol–water partition coefficient (Wildman–Crippen LogP) is 8.61. The average molecular weight is 576 g/mol. The maximum absolute atomic E-state index is 12.4. The molecule has 0 aliphatic rings. The van der Waals surface area contributed by atoms with Crippen molar-refractivity contribution in [2.75, 3.05) is 5.75 Å². The van der Waals surface area contributed by atoms with Gasteiger partial charge in [0.1, 0.15) is 0 Å². The first kappa shape index (κ1) is 38.3. The second kappa shape index (κ2) is 25.1. The quantitative estimate of drug-likeness (QED) is 0.0640. The fraction of sp³-hybridized carbons (Fsp3) is 0.969. The molecule has 0 spiro atoms. The second-order valence-electron chi connectivity index (χ2n) is 12.8. The van der Waals surface area contributed by atoms with Crippen molar-refractivity contribution in [3.05, 3.63) is 0 Å². The largest absolute Gasteiger partial charge is 0.391 e. The van der Waals surface area contributed by atoms with Crippen LogP contribution in [0.5, 0.6) is 0 Å². The molecule has 0 unspecified atom stereocenters. The molecule has 6 nitrogen and oxygen atoms in total. The molecule has 0 saturated heterocycles. The minimum atomic E-state index is -4.29. The Morgan fingerprint density at radius 3 is 1.28 bits per heavy atom. The van der Waals surface area contributed by atoms with Crippen molar-refractivity contribution >= 4 is 16.0 Å². The predicted molar refractivity (Wildman–Crippen MR) is 166 cm³/mol. The molecule has 0 heterocycles. The van der Waals surface area contributed by atoms with Gasteiger partial charge < -0.3 is 10.4 Å². The molecule has 3 N–H and O–H groups in total. The zero-order valence-corrected chi connectivity index (χ0v) is 26.9. The number of amides is 1. The van der Waals surface area contributed by atoms with Crippen LogP contribution in [0.1, 0.15) is 169 Å². The first-order valence-electron chi connectivity index (χ1n) is 16.4. The highest BCUT2D eigenvalue weighted by molar-refractivity contribution is 7.85. The van der Waals surface area contributed by atoms with Gasteiger partial charge in [0.05, 0.1) is 17.9 Å². The Morgan fingerprint density at radius 2 is 0.923 bits per heavy atom. The molecule has 39 heavy (non-hydrogen) atoms. The van der Waals surface area contributed by atoms with Crippen LogP contribution in [0.25, 0.3) is 0 Å². The summed E-state index contributed by atoms with van der Waals surface area (Å²) in [4.78, 5) is 12.4. The Balaban J connectivity index is 3.98. The van der Waals surface area contributed by atoms with Gasteiger partial charge in [-0.2, -0.15) is 8.42 Å².